The first-order chi connectivity index (χ1) is 8.25. The van der Waals surface area contributed by atoms with E-state index in [0.29, 0.717) is 17.8 Å². The molecule has 2 heteroatoms. The molecule has 3 aliphatic carbocycles. The molecule has 0 heterocycles. The molecule has 4 atom stereocenters. The third-order valence-electron chi connectivity index (χ3n) is 4.54. The Labute approximate surface area is 99.0 Å². The van der Waals surface area contributed by atoms with E-state index in [1.54, 1.807) is 12.1 Å². The molecule has 0 amide bonds. The van der Waals surface area contributed by atoms with Gasteiger partial charge in [-0.05, 0) is 42.0 Å². The van der Waals surface area contributed by atoms with Crippen LogP contribution in [0, 0.1) is 17.8 Å². The van der Waals surface area contributed by atoms with Gasteiger partial charge < -0.3 is 0 Å². The molecule has 0 aromatic heterocycles. The smallest absolute Gasteiger partial charge is 0.178 e. The lowest BCUT2D eigenvalue weighted by Crippen LogP contribution is -2.18. The van der Waals surface area contributed by atoms with Gasteiger partial charge in [0.25, 0.3) is 0 Å². The van der Waals surface area contributed by atoms with E-state index in [1.165, 1.54) is 6.07 Å². The standard InChI is InChI=1S/C15H12O2/c16-10-3-5-11-12(6-4-10)15(17)14-9-2-1-8(7-9)13(11)14/h1-6,8-9,13-14H,7H2/t8-,9+,13+,14+/m1/s1. The van der Waals surface area contributed by atoms with Crippen molar-refractivity contribution in [2.75, 3.05) is 0 Å². The van der Waals surface area contributed by atoms with Crippen LogP contribution < -0.4 is 5.43 Å². The molecule has 0 unspecified atom stereocenters. The Morgan fingerprint density at radius 1 is 0.882 bits per heavy atom. The molecule has 0 aliphatic heterocycles. The van der Waals surface area contributed by atoms with Crippen molar-refractivity contribution in [3.8, 4) is 0 Å². The largest absolute Gasteiger partial charge is 0.294 e. The van der Waals surface area contributed by atoms with Crippen molar-refractivity contribution in [3.63, 3.8) is 0 Å². The molecule has 0 saturated heterocycles. The minimum absolute atomic E-state index is 0.0255. The number of ketones is 1. The maximum Gasteiger partial charge on any atom is 0.178 e. The molecule has 4 rings (SSSR count). The number of carbonyl (C=O) groups is 1. The van der Waals surface area contributed by atoms with E-state index in [4.69, 9.17) is 0 Å². The summed E-state index contributed by atoms with van der Waals surface area (Å²) < 4.78 is 0. The Bertz CT molecular complexity index is 615. The molecule has 1 saturated carbocycles. The lowest BCUT2D eigenvalue weighted by Gasteiger charge is -2.19. The second-order valence-electron chi connectivity index (χ2n) is 5.30. The quantitative estimate of drug-likeness (QED) is 0.633. The number of allylic oxidation sites excluding steroid dienone is 2. The van der Waals surface area contributed by atoms with Crippen molar-refractivity contribution in [1.29, 1.82) is 0 Å². The second-order valence-corrected chi connectivity index (χ2v) is 5.30. The maximum absolute atomic E-state index is 12.4. The Morgan fingerprint density at radius 2 is 1.59 bits per heavy atom. The van der Waals surface area contributed by atoms with Crippen LogP contribution in [0.3, 0.4) is 0 Å². The fourth-order valence-corrected chi connectivity index (χ4v) is 3.88. The van der Waals surface area contributed by atoms with Crippen LogP contribution >= 0.6 is 0 Å². The summed E-state index contributed by atoms with van der Waals surface area (Å²) in [5, 5.41) is 0. The summed E-state index contributed by atoms with van der Waals surface area (Å²) in [6, 6.07) is 6.68. The van der Waals surface area contributed by atoms with Gasteiger partial charge in [-0.3, -0.25) is 9.59 Å². The molecule has 17 heavy (non-hydrogen) atoms. The van der Waals surface area contributed by atoms with E-state index < -0.39 is 0 Å². The molecule has 1 aromatic rings. The summed E-state index contributed by atoms with van der Waals surface area (Å²) in [6.07, 6.45) is 5.57. The molecule has 1 aromatic carbocycles. The highest BCUT2D eigenvalue weighted by atomic mass is 16.1. The lowest BCUT2D eigenvalue weighted by atomic mass is 9.83. The zero-order valence-electron chi connectivity index (χ0n) is 9.30. The van der Waals surface area contributed by atoms with Crippen molar-refractivity contribution in [3.05, 3.63) is 57.8 Å². The normalized spacial score (nSPS) is 36.1. The molecule has 0 spiro atoms. The van der Waals surface area contributed by atoms with Crippen LogP contribution in [0.1, 0.15) is 28.3 Å². The molecular formula is C15H12O2. The Morgan fingerprint density at radius 3 is 2.41 bits per heavy atom. The Kier molecular flexibility index (Phi) is 1.62. The van der Waals surface area contributed by atoms with E-state index in [0.717, 1.165) is 17.5 Å². The summed E-state index contributed by atoms with van der Waals surface area (Å²) in [5.41, 5.74) is 1.85. The summed E-state index contributed by atoms with van der Waals surface area (Å²) in [4.78, 5) is 23.7. The zero-order chi connectivity index (χ0) is 11.6. The first-order valence-corrected chi connectivity index (χ1v) is 6.12. The molecule has 1 fully saturated rings. The average Bonchev–Trinajstić information content (AvgIpc) is 2.94. The predicted octanol–water partition coefficient (Wildman–Crippen LogP) is 2.15. The number of hydrogen-bond donors (Lipinski definition) is 0. The molecule has 2 nitrogen and oxygen atoms in total. The summed E-state index contributed by atoms with van der Waals surface area (Å²) in [7, 11) is 0. The number of rotatable bonds is 0. The number of fused-ring (bicyclic) bond motifs is 7. The van der Waals surface area contributed by atoms with E-state index in [9.17, 15) is 9.59 Å². The third kappa shape index (κ3) is 1.05. The maximum atomic E-state index is 12.4. The summed E-state index contributed by atoms with van der Waals surface area (Å²) >= 11 is 0. The second kappa shape index (κ2) is 2.95. The first-order valence-electron chi connectivity index (χ1n) is 6.12. The van der Waals surface area contributed by atoms with Crippen molar-refractivity contribution in [2.24, 2.45) is 17.8 Å². The summed E-state index contributed by atoms with van der Waals surface area (Å²) in [5.74, 6) is 1.67. The molecule has 2 bridgehead atoms. The molecular weight excluding hydrogens is 212 g/mol. The molecule has 84 valence electrons. The van der Waals surface area contributed by atoms with Gasteiger partial charge in [-0.25, -0.2) is 0 Å². The van der Waals surface area contributed by atoms with Crippen LogP contribution in [0.4, 0.5) is 0 Å². The highest BCUT2D eigenvalue weighted by molar-refractivity contribution is 6.04. The van der Waals surface area contributed by atoms with Crippen LogP contribution in [0.15, 0.2) is 41.2 Å². The van der Waals surface area contributed by atoms with Gasteiger partial charge in [0.1, 0.15) is 0 Å². The van der Waals surface area contributed by atoms with Gasteiger partial charge in [-0.1, -0.05) is 18.2 Å². The van der Waals surface area contributed by atoms with Gasteiger partial charge in [0.2, 0.25) is 0 Å². The number of hydrogen-bond acceptors (Lipinski definition) is 2. The van der Waals surface area contributed by atoms with Gasteiger partial charge in [-0.15, -0.1) is 0 Å². The first kappa shape index (κ1) is 9.34. The van der Waals surface area contributed by atoms with Gasteiger partial charge in [0, 0.05) is 17.4 Å². The van der Waals surface area contributed by atoms with E-state index in [1.807, 2.05) is 6.07 Å². The Hall–Kier alpha value is -1.70. The zero-order valence-corrected chi connectivity index (χ0v) is 9.30. The summed E-state index contributed by atoms with van der Waals surface area (Å²) in [6.45, 7) is 0. The van der Waals surface area contributed by atoms with Gasteiger partial charge in [0.15, 0.2) is 11.2 Å². The monoisotopic (exact) mass is 224 g/mol. The molecule has 3 aliphatic rings. The Balaban J connectivity index is 1.98. The highest BCUT2D eigenvalue weighted by Gasteiger charge is 2.53. The minimum atomic E-state index is -0.0255. The van der Waals surface area contributed by atoms with Crippen molar-refractivity contribution < 1.29 is 4.79 Å². The SMILES string of the molecule is O=C1c2ccc(=O)ccc2[C@H]2[C@@H]1[C@H]1C=C[C@@H]2C1. The predicted molar refractivity (Wildman–Crippen MR) is 64.0 cm³/mol. The lowest BCUT2D eigenvalue weighted by molar-refractivity contribution is 0.0911. The fraction of sp³-hybridized carbons (Fsp3) is 0.333. The van der Waals surface area contributed by atoms with Crippen LogP contribution in [-0.4, -0.2) is 5.78 Å². The third-order valence-corrected chi connectivity index (χ3v) is 4.54. The van der Waals surface area contributed by atoms with Gasteiger partial charge in [-0.2, -0.15) is 0 Å². The topological polar surface area (TPSA) is 34.1 Å². The van der Waals surface area contributed by atoms with E-state index in [-0.39, 0.29) is 17.1 Å². The van der Waals surface area contributed by atoms with Crippen molar-refractivity contribution >= 4 is 5.78 Å². The van der Waals surface area contributed by atoms with Crippen LogP contribution in [0.25, 0.3) is 0 Å². The highest BCUT2D eigenvalue weighted by Crippen LogP contribution is 2.57. The van der Waals surface area contributed by atoms with Crippen molar-refractivity contribution in [2.45, 2.75) is 12.3 Å². The van der Waals surface area contributed by atoms with E-state index in [2.05, 4.69) is 12.2 Å². The van der Waals surface area contributed by atoms with Crippen molar-refractivity contribution in [1.82, 2.24) is 0 Å². The van der Waals surface area contributed by atoms with Crippen LogP contribution in [0.2, 0.25) is 0 Å². The van der Waals surface area contributed by atoms with Gasteiger partial charge in [0.05, 0.1) is 0 Å². The molecule has 0 N–H and O–H groups in total. The fourth-order valence-electron chi connectivity index (χ4n) is 3.88. The number of carbonyl (C=O) groups excluding carboxylic acids is 1. The van der Waals surface area contributed by atoms with Crippen LogP contribution in [0.5, 0.6) is 0 Å². The average molecular weight is 224 g/mol. The van der Waals surface area contributed by atoms with Gasteiger partial charge >= 0.3 is 0 Å². The minimum Gasteiger partial charge on any atom is -0.294 e. The van der Waals surface area contributed by atoms with E-state index >= 15 is 0 Å². The molecule has 0 radical (unpaired) electrons. The van der Waals surface area contributed by atoms with Crippen LogP contribution in [-0.2, 0) is 0 Å². The number of Topliss-reactive ketones (excluding diaryl/α,β-unsaturated/α-hetero) is 1.